The summed E-state index contributed by atoms with van der Waals surface area (Å²) in [5.74, 6) is -0.0209. The second-order valence-electron chi connectivity index (χ2n) is 4.92. The lowest BCUT2D eigenvalue weighted by Crippen LogP contribution is -2.38. The zero-order valence-electron chi connectivity index (χ0n) is 10.9. The smallest absolute Gasteiger partial charge is 0.241 e. The molecule has 2 atom stereocenters. The Morgan fingerprint density at radius 2 is 2.00 bits per heavy atom. The molecule has 0 amide bonds. The highest BCUT2D eigenvalue weighted by molar-refractivity contribution is 7.98. The van der Waals surface area contributed by atoms with Crippen molar-refractivity contribution >= 4 is 11.8 Å². The molecule has 0 spiro atoms. The number of hydrogen-bond acceptors (Lipinski definition) is 2. The number of likely N-dealkylation sites (tertiary alicyclic amines) is 1. The van der Waals surface area contributed by atoms with Gasteiger partial charge in [-0.3, -0.25) is 4.90 Å². The van der Waals surface area contributed by atoms with Crippen LogP contribution in [0.5, 0.6) is 0 Å². The van der Waals surface area contributed by atoms with E-state index in [2.05, 4.69) is 4.90 Å². The number of hydrogen-bond donors (Lipinski definition) is 0. The fourth-order valence-corrected chi connectivity index (χ4v) is 3.26. The molecule has 1 nitrogen and oxygen atoms in total. The minimum absolute atomic E-state index is 0.0270. The topological polar surface area (TPSA) is 3.24 Å². The van der Waals surface area contributed by atoms with Crippen LogP contribution in [0.15, 0.2) is 24.3 Å². The molecule has 1 aliphatic rings. The van der Waals surface area contributed by atoms with Gasteiger partial charge in [0.15, 0.2) is 0 Å². The Kier molecular flexibility index (Phi) is 5.16. The van der Waals surface area contributed by atoms with Crippen LogP contribution in [0.3, 0.4) is 0 Å². The third-order valence-electron chi connectivity index (χ3n) is 3.66. The van der Waals surface area contributed by atoms with Gasteiger partial charge in [0.25, 0.3) is 0 Å². The Hall–Kier alpha value is -0.680. The monoisotopic (exact) mass is 289 g/mol. The fourth-order valence-electron chi connectivity index (χ4n) is 2.62. The number of alkyl halides is 2. The van der Waals surface area contributed by atoms with E-state index in [9.17, 15) is 13.2 Å². The summed E-state index contributed by atoms with van der Waals surface area (Å²) in [5.41, 5.74) is 0.931. The summed E-state index contributed by atoms with van der Waals surface area (Å²) in [4.78, 5) is 2.21. The van der Waals surface area contributed by atoms with Crippen LogP contribution in [-0.2, 0) is 0 Å². The molecule has 106 valence electrons. The minimum atomic E-state index is -2.26. The lowest BCUT2D eigenvalue weighted by Gasteiger charge is -2.39. The van der Waals surface area contributed by atoms with Gasteiger partial charge < -0.3 is 0 Å². The van der Waals surface area contributed by atoms with Gasteiger partial charge in [0.2, 0.25) is 6.43 Å². The third-order valence-corrected chi connectivity index (χ3v) is 4.25. The third kappa shape index (κ3) is 3.66. The molecule has 0 unspecified atom stereocenters. The second-order valence-corrected chi connectivity index (χ2v) is 5.75. The number of thioether (sulfide) groups is 1. The van der Waals surface area contributed by atoms with Crippen molar-refractivity contribution in [2.24, 2.45) is 5.92 Å². The van der Waals surface area contributed by atoms with Crippen molar-refractivity contribution in [1.82, 2.24) is 4.90 Å². The van der Waals surface area contributed by atoms with Crippen LogP contribution in [0.25, 0.3) is 0 Å². The Balaban J connectivity index is 2.17. The van der Waals surface area contributed by atoms with Crippen molar-refractivity contribution in [2.45, 2.75) is 25.3 Å². The van der Waals surface area contributed by atoms with E-state index in [-0.39, 0.29) is 11.9 Å². The molecule has 0 radical (unpaired) electrons. The Morgan fingerprint density at radius 1 is 1.32 bits per heavy atom. The maximum absolute atomic E-state index is 13.0. The van der Waals surface area contributed by atoms with Crippen LogP contribution in [0.4, 0.5) is 13.2 Å². The van der Waals surface area contributed by atoms with Crippen LogP contribution in [0.1, 0.15) is 24.4 Å². The van der Waals surface area contributed by atoms with Crippen molar-refractivity contribution < 1.29 is 13.2 Å². The molecule has 0 bridgehead atoms. The predicted molar refractivity (Wildman–Crippen MR) is 73.0 cm³/mol. The number of rotatable bonds is 4. The van der Waals surface area contributed by atoms with Gasteiger partial charge in [0, 0.05) is 24.4 Å². The van der Waals surface area contributed by atoms with Crippen molar-refractivity contribution in [3.8, 4) is 0 Å². The molecular weight excluding hydrogens is 271 g/mol. The van der Waals surface area contributed by atoms with Gasteiger partial charge in [0.1, 0.15) is 5.82 Å². The fraction of sp³-hybridized carbons (Fsp3) is 0.571. The zero-order chi connectivity index (χ0) is 13.8. The van der Waals surface area contributed by atoms with E-state index in [0.29, 0.717) is 19.4 Å². The molecule has 0 saturated carbocycles. The number of halogens is 3. The molecule has 1 saturated heterocycles. The van der Waals surface area contributed by atoms with Crippen LogP contribution < -0.4 is 0 Å². The van der Waals surface area contributed by atoms with E-state index < -0.39 is 12.3 Å². The maximum Gasteiger partial charge on any atom is 0.241 e. The van der Waals surface area contributed by atoms with Gasteiger partial charge in [-0.1, -0.05) is 12.1 Å². The molecular formula is C14H18F3NS. The van der Waals surface area contributed by atoms with Gasteiger partial charge >= 0.3 is 0 Å². The van der Waals surface area contributed by atoms with Crippen LogP contribution in [0, 0.1) is 11.7 Å². The average molecular weight is 289 g/mol. The van der Waals surface area contributed by atoms with E-state index in [1.54, 1.807) is 23.9 Å². The first-order valence-electron chi connectivity index (χ1n) is 6.38. The number of piperidine rings is 1. The standard InChI is InChI=1S/C14H18F3NS/c1-19-9-18-7-6-11(14(16)17)8-13(18)10-2-4-12(15)5-3-10/h2-5,11,13-14H,6-9H2,1H3/t11-,13+/m0/s1. The molecule has 1 fully saturated rings. The van der Waals surface area contributed by atoms with E-state index >= 15 is 0 Å². The van der Waals surface area contributed by atoms with E-state index in [1.807, 2.05) is 6.26 Å². The van der Waals surface area contributed by atoms with Gasteiger partial charge in [-0.15, -0.1) is 11.8 Å². The minimum Gasteiger partial charge on any atom is -0.287 e. The first-order chi connectivity index (χ1) is 9.11. The molecule has 0 aromatic heterocycles. The quantitative estimate of drug-likeness (QED) is 0.818. The van der Waals surface area contributed by atoms with Gasteiger partial charge in [-0.2, -0.15) is 0 Å². The van der Waals surface area contributed by atoms with Crippen LogP contribution >= 0.6 is 11.8 Å². The summed E-state index contributed by atoms with van der Waals surface area (Å²) >= 11 is 1.68. The summed E-state index contributed by atoms with van der Waals surface area (Å²) in [6.45, 7) is 0.678. The summed E-state index contributed by atoms with van der Waals surface area (Å²) < 4.78 is 38.8. The summed E-state index contributed by atoms with van der Waals surface area (Å²) in [7, 11) is 0. The first-order valence-corrected chi connectivity index (χ1v) is 7.77. The SMILES string of the molecule is CSCN1CC[C@H](C(F)F)C[C@@H]1c1ccc(F)cc1. The van der Waals surface area contributed by atoms with Gasteiger partial charge in [-0.25, -0.2) is 13.2 Å². The predicted octanol–water partition coefficient (Wildman–Crippen LogP) is 4.16. The summed E-state index contributed by atoms with van der Waals surface area (Å²) in [5, 5.41) is 0. The van der Waals surface area contributed by atoms with E-state index in [4.69, 9.17) is 0 Å². The molecule has 1 aliphatic heterocycles. The highest BCUT2D eigenvalue weighted by Crippen LogP contribution is 2.37. The van der Waals surface area contributed by atoms with Gasteiger partial charge in [-0.05, 0) is 36.8 Å². The highest BCUT2D eigenvalue weighted by atomic mass is 32.2. The molecule has 1 aromatic carbocycles. The number of benzene rings is 1. The molecule has 1 aromatic rings. The van der Waals surface area contributed by atoms with E-state index in [1.165, 1.54) is 12.1 Å². The molecule has 1 heterocycles. The lowest BCUT2D eigenvalue weighted by molar-refractivity contribution is 0.0166. The van der Waals surface area contributed by atoms with Crippen LogP contribution in [-0.4, -0.2) is 30.0 Å². The van der Waals surface area contributed by atoms with Crippen molar-refractivity contribution in [3.05, 3.63) is 35.6 Å². The Bertz CT molecular complexity index is 396. The molecule has 0 N–H and O–H groups in total. The van der Waals surface area contributed by atoms with Gasteiger partial charge in [0.05, 0.1) is 0 Å². The lowest BCUT2D eigenvalue weighted by atomic mass is 9.88. The summed E-state index contributed by atoms with van der Waals surface area (Å²) in [6, 6.07) is 6.19. The van der Waals surface area contributed by atoms with Crippen molar-refractivity contribution in [1.29, 1.82) is 0 Å². The molecule has 0 aliphatic carbocycles. The second kappa shape index (κ2) is 6.66. The first kappa shape index (κ1) is 14.7. The zero-order valence-corrected chi connectivity index (χ0v) is 11.7. The number of nitrogens with zero attached hydrogens (tertiary/aromatic N) is 1. The van der Waals surface area contributed by atoms with Crippen LogP contribution in [0.2, 0.25) is 0 Å². The Morgan fingerprint density at radius 3 is 2.58 bits per heavy atom. The molecule has 5 heteroatoms. The highest BCUT2D eigenvalue weighted by Gasteiger charge is 2.33. The van der Waals surface area contributed by atoms with Crippen molar-refractivity contribution in [2.75, 3.05) is 18.7 Å². The largest absolute Gasteiger partial charge is 0.287 e. The van der Waals surface area contributed by atoms with E-state index in [0.717, 1.165) is 11.4 Å². The molecule has 2 rings (SSSR count). The molecule has 19 heavy (non-hydrogen) atoms. The Labute approximate surface area is 116 Å². The normalized spacial score (nSPS) is 24.9. The van der Waals surface area contributed by atoms with Crippen molar-refractivity contribution in [3.63, 3.8) is 0 Å². The average Bonchev–Trinajstić information content (AvgIpc) is 2.40. The maximum atomic E-state index is 13.0. The summed E-state index contributed by atoms with van der Waals surface area (Å²) in [6.07, 6.45) is 0.722.